The Kier molecular flexibility index (Phi) is 8.29. The van der Waals surface area contributed by atoms with Crippen molar-refractivity contribution in [3.8, 4) is 5.75 Å². The SMILES string of the molecule is CCCCN1C(=O)CC(C(=O)NNC(=O)CNc2ccc(C)cc2)C1c1ccc(OC)cc1. The molecule has 33 heavy (non-hydrogen) atoms. The Morgan fingerprint density at radius 1 is 1.06 bits per heavy atom. The summed E-state index contributed by atoms with van der Waals surface area (Å²) in [5.74, 6) is -0.716. The number of rotatable bonds is 9. The number of carbonyl (C=O) groups excluding carboxylic acids is 3. The van der Waals surface area contributed by atoms with E-state index in [9.17, 15) is 14.4 Å². The van der Waals surface area contributed by atoms with Gasteiger partial charge in [0.25, 0.3) is 5.91 Å². The van der Waals surface area contributed by atoms with Crippen LogP contribution in [0, 0.1) is 12.8 Å². The minimum absolute atomic E-state index is 0.0114. The zero-order chi connectivity index (χ0) is 23.8. The Balaban J connectivity index is 1.63. The molecule has 1 aliphatic heterocycles. The number of hydrogen-bond acceptors (Lipinski definition) is 5. The molecule has 2 unspecified atom stereocenters. The number of anilines is 1. The number of hydrazine groups is 1. The van der Waals surface area contributed by atoms with Gasteiger partial charge in [-0.2, -0.15) is 0 Å². The van der Waals surface area contributed by atoms with Crippen molar-refractivity contribution in [1.29, 1.82) is 0 Å². The number of carbonyl (C=O) groups is 3. The van der Waals surface area contributed by atoms with Gasteiger partial charge < -0.3 is 15.0 Å². The van der Waals surface area contributed by atoms with Crippen molar-refractivity contribution in [1.82, 2.24) is 15.8 Å². The lowest BCUT2D eigenvalue weighted by atomic mass is 9.93. The van der Waals surface area contributed by atoms with Gasteiger partial charge in [-0.05, 0) is 43.2 Å². The Labute approximate surface area is 194 Å². The van der Waals surface area contributed by atoms with Crippen LogP contribution in [0.15, 0.2) is 48.5 Å². The van der Waals surface area contributed by atoms with Crippen LogP contribution in [0.5, 0.6) is 5.75 Å². The molecule has 1 saturated heterocycles. The molecular formula is C25H32N4O4. The fourth-order valence-corrected chi connectivity index (χ4v) is 3.95. The Hall–Kier alpha value is -3.55. The van der Waals surface area contributed by atoms with Gasteiger partial charge in [-0.3, -0.25) is 25.2 Å². The highest BCUT2D eigenvalue weighted by molar-refractivity contribution is 5.92. The first kappa shape index (κ1) is 24.1. The summed E-state index contributed by atoms with van der Waals surface area (Å²) >= 11 is 0. The molecule has 2 atom stereocenters. The molecule has 0 radical (unpaired) electrons. The molecule has 2 aromatic rings. The largest absolute Gasteiger partial charge is 0.497 e. The zero-order valence-corrected chi connectivity index (χ0v) is 19.4. The van der Waals surface area contributed by atoms with E-state index in [1.807, 2.05) is 55.5 Å². The van der Waals surface area contributed by atoms with Gasteiger partial charge in [0, 0.05) is 18.7 Å². The lowest BCUT2D eigenvalue weighted by Crippen LogP contribution is -2.47. The van der Waals surface area contributed by atoms with Crippen molar-refractivity contribution < 1.29 is 19.1 Å². The smallest absolute Gasteiger partial charge is 0.257 e. The van der Waals surface area contributed by atoms with Crippen molar-refractivity contribution in [2.24, 2.45) is 5.92 Å². The van der Waals surface area contributed by atoms with Crippen molar-refractivity contribution in [3.63, 3.8) is 0 Å². The summed E-state index contributed by atoms with van der Waals surface area (Å²) in [5.41, 5.74) is 7.77. The molecule has 1 heterocycles. The molecule has 0 saturated carbocycles. The highest BCUT2D eigenvalue weighted by atomic mass is 16.5. The van der Waals surface area contributed by atoms with Gasteiger partial charge in [0.15, 0.2) is 0 Å². The third-order valence-electron chi connectivity index (χ3n) is 5.81. The summed E-state index contributed by atoms with van der Waals surface area (Å²) in [6.45, 7) is 4.65. The number of nitrogens with one attached hydrogen (secondary N) is 3. The van der Waals surface area contributed by atoms with Crippen molar-refractivity contribution in [2.75, 3.05) is 25.5 Å². The van der Waals surface area contributed by atoms with Crippen LogP contribution >= 0.6 is 0 Å². The third kappa shape index (κ3) is 6.25. The minimum Gasteiger partial charge on any atom is -0.497 e. The molecular weight excluding hydrogens is 420 g/mol. The standard InChI is InChI=1S/C25H32N4O4/c1-4-5-14-29-23(31)15-21(24(29)18-8-12-20(33-3)13-9-18)25(32)28-27-22(30)16-26-19-10-6-17(2)7-11-19/h6-13,21,24,26H,4-5,14-16H2,1-3H3,(H,27,30)(H,28,32). The number of nitrogens with zero attached hydrogens (tertiary/aromatic N) is 1. The number of aryl methyl sites for hydroxylation is 1. The molecule has 3 N–H and O–H groups in total. The monoisotopic (exact) mass is 452 g/mol. The topological polar surface area (TPSA) is 99.8 Å². The second-order valence-electron chi connectivity index (χ2n) is 8.23. The van der Waals surface area contributed by atoms with E-state index in [2.05, 4.69) is 23.1 Å². The van der Waals surface area contributed by atoms with E-state index in [1.165, 1.54) is 0 Å². The van der Waals surface area contributed by atoms with Crippen LogP contribution in [0.25, 0.3) is 0 Å². The quantitative estimate of drug-likeness (QED) is 0.508. The predicted molar refractivity (Wildman–Crippen MR) is 126 cm³/mol. The Morgan fingerprint density at radius 2 is 1.76 bits per heavy atom. The summed E-state index contributed by atoms with van der Waals surface area (Å²) in [6.07, 6.45) is 1.90. The number of amides is 3. The van der Waals surface area contributed by atoms with Crippen LogP contribution < -0.4 is 20.9 Å². The average Bonchev–Trinajstić information content (AvgIpc) is 3.16. The first-order valence-electron chi connectivity index (χ1n) is 11.3. The van der Waals surface area contributed by atoms with E-state index in [1.54, 1.807) is 12.0 Å². The molecule has 8 heteroatoms. The molecule has 2 aromatic carbocycles. The number of likely N-dealkylation sites (tertiary alicyclic amines) is 1. The van der Waals surface area contributed by atoms with Gasteiger partial charge in [0.05, 0.1) is 25.6 Å². The second-order valence-corrected chi connectivity index (χ2v) is 8.23. The van der Waals surface area contributed by atoms with E-state index in [0.29, 0.717) is 12.3 Å². The molecule has 3 rings (SSSR count). The molecule has 8 nitrogen and oxygen atoms in total. The first-order valence-corrected chi connectivity index (χ1v) is 11.3. The first-order chi connectivity index (χ1) is 15.9. The lowest BCUT2D eigenvalue weighted by molar-refractivity contribution is -0.131. The van der Waals surface area contributed by atoms with E-state index < -0.39 is 12.0 Å². The summed E-state index contributed by atoms with van der Waals surface area (Å²) in [4.78, 5) is 39.7. The summed E-state index contributed by atoms with van der Waals surface area (Å²) in [5, 5.41) is 3.01. The van der Waals surface area contributed by atoms with Gasteiger partial charge in [0.2, 0.25) is 11.8 Å². The molecule has 176 valence electrons. The maximum absolute atomic E-state index is 13.0. The summed E-state index contributed by atoms with van der Waals surface area (Å²) in [7, 11) is 1.59. The molecule has 0 aliphatic carbocycles. The van der Waals surface area contributed by atoms with Crippen molar-refractivity contribution in [2.45, 2.75) is 39.2 Å². The van der Waals surface area contributed by atoms with Gasteiger partial charge in [-0.15, -0.1) is 0 Å². The number of benzene rings is 2. The maximum Gasteiger partial charge on any atom is 0.257 e. The molecule has 0 bridgehead atoms. The Bertz CT molecular complexity index is 959. The number of ether oxygens (including phenoxy) is 1. The molecule has 0 aromatic heterocycles. The number of unbranched alkanes of at least 4 members (excludes halogenated alkanes) is 1. The molecule has 1 aliphatic rings. The fourth-order valence-electron chi connectivity index (χ4n) is 3.95. The van der Waals surface area contributed by atoms with Gasteiger partial charge in [-0.25, -0.2) is 0 Å². The normalized spacial score (nSPS) is 17.5. The van der Waals surface area contributed by atoms with Crippen LogP contribution in [0.3, 0.4) is 0 Å². The third-order valence-corrected chi connectivity index (χ3v) is 5.81. The van der Waals surface area contributed by atoms with Crippen molar-refractivity contribution >= 4 is 23.4 Å². The number of hydrogen-bond donors (Lipinski definition) is 3. The lowest BCUT2D eigenvalue weighted by Gasteiger charge is -2.28. The zero-order valence-electron chi connectivity index (χ0n) is 19.4. The maximum atomic E-state index is 13.0. The molecule has 1 fully saturated rings. The van der Waals surface area contributed by atoms with E-state index in [0.717, 1.165) is 29.7 Å². The predicted octanol–water partition coefficient (Wildman–Crippen LogP) is 2.95. The molecule has 3 amide bonds. The van der Waals surface area contributed by atoms with E-state index in [-0.39, 0.29) is 30.7 Å². The number of methoxy groups -OCH3 is 1. The van der Waals surface area contributed by atoms with Crippen LogP contribution in [0.4, 0.5) is 5.69 Å². The fraction of sp³-hybridized carbons (Fsp3) is 0.400. The molecule has 0 spiro atoms. The highest BCUT2D eigenvalue weighted by Gasteiger charge is 2.44. The van der Waals surface area contributed by atoms with E-state index >= 15 is 0 Å². The summed E-state index contributed by atoms with van der Waals surface area (Å²) < 4.78 is 5.23. The van der Waals surface area contributed by atoms with Crippen LogP contribution in [0.2, 0.25) is 0 Å². The van der Waals surface area contributed by atoms with Crippen LogP contribution in [-0.4, -0.2) is 42.8 Å². The van der Waals surface area contributed by atoms with Crippen LogP contribution in [0.1, 0.15) is 43.4 Å². The highest BCUT2D eigenvalue weighted by Crippen LogP contribution is 2.39. The van der Waals surface area contributed by atoms with E-state index in [4.69, 9.17) is 4.74 Å². The summed E-state index contributed by atoms with van der Waals surface area (Å²) in [6, 6.07) is 14.7. The van der Waals surface area contributed by atoms with Gasteiger partial charge >= 0.3 is 0 Å². The second kappa shape index (κ2) is 11.4. The van der Waals surface area contributed by atoms with Crippen molar-refractivity contribution in [3.05, 3.63) is 59.7 Å². The van der Waals surface area contributed by atoms with Crippen LogP contribution in [-0.2, 0) is 14.4 Å². The van der Waals surface area contributed by atoms with Gasteiger partial charge in [-0.1, -0.05) is 43.2 Å². The van der Waals surface area contributed by atoms with Gasteiger partial charge in [0.1, 0.15) is 5.75 Å². The average molecular weight is 453 g/mol. The Morgan fingerprint density at radius 3 is 2.39 bits per heavy atom. The minimum atomic E-state index is -0.604.